The molecule has 1 saturated heterocycles. The molecule has 0 aliphatic carbocycles. The van der Waals surface area contributed by atoms with Crippen LogP contribution in [0, 0.1) is 0 Å². The van der Waals surface area contributed by atoms with Gasteiger partial charge in [-0.15, -0.1) is 0 Å². The Morgan fingerprint density at radius 3 is 2.39 bits per heavy atom. The number of carbonyl (C=O) groups excluding carboxylic acids is 1. The molecular weight excluding hydrogens is 226 g/mol. The number of ether oxygens (including phenoxy) is 1. The summed E-state index contributed by atoms with van der Waals surface area (Å²) in [5.74, 6) is -0.284. The lowest BCUT2D eigenvalue weighted by Gasteiger charge is -2.24. The third-order valence-corrected chi connectivity index (χ3v) is 3.33. The van der Waals surface area contributed by atoms with Crippen LogP contribution < -0.4 is 0 Å². The highest BCUT2D eigenvalue weighted by Crippen LogP contribution is 2.18. The van der Waals surface area contributed by atoms with Crippen molar-refractivity contribution >= 4 is 12.0 Å². The van der Waals surface area contributed by atoms with E-state index < -0.39 is 0 Å². The van der Waals surface area contributed by atoms with E-state index in [-0.39, 0.29) is 5.97 Å². The van der Waals surface area contributed by atoms with Crippen LogP contribution in [-0.4, -0.2) is 38.1 Å². The molecule has 2 rings (SSSR count). The van der Waals surface area contributed by atoms with E-state index in [1.165, 1.54) is 12.7 Å². The summed E-state index contributed by atoms with van der Waals surface area (Å²) in [6.45, 7) is 2.26. The number of nitrogens with zero attached hydrogens (tertiary/aromatic N) is 1. The van der Waals surface area contributed by atoms with Crippen LogP contribution in [0.5, 0.6) is 0 Å². The van der Waals surface area contributed by atoms with Gasteiger partial charge in [0.2, 0.25) is 0 Å². The van der Waals surface area contributed by atoms with Crippen LogP contribution in [0.1, 0.15) is 28.8 Å². The maximum atomic E-state index is 11.3. The number of hydrogen-bond acceptors (Lipinski definition) is 3. The van der Waals surface area contributed by atoms with Gasteiger partial charge in [-0.05, 0) is 37.6 Å². The van der Waals surface area contributed by atoms with Gasteiger partial charge in [-0.1, -0.05) is 23.8 Å². The van der Waals surface area contributed by atoms with Gasteiger partial charge < -0.3 is 9.64 Å². The number of esters is 1. The summed E-state index contributed by atoms with van der Waals surface area (Å²) in [6.07, 6.45) is 4.50. The molecule has 3 nitrogen and oxygen atoms in total. The minimum atomic E-state index is -0.284. The Kier molecular flexibility index (Phi) is 4.15. The van der Waals surface area contributed by atoms with Crippen LogP contribution in [-0.2, 0) is 4.74 Å². The first kappa shape index (κ1) is 12.8. The van der Waals surface area contributed by atoms with Crippen molar-refractivity contribution in [1.29, 1.82) is 0 Å². The van der Waals surface area contributed by atoms with E-state index in [0.29, 0.717) is 5.56 Å². The third kappa shape index (κ3) is 3.20. The molecule has 96 valence electrons. The molecule has 1 aliphatic heterocycles. The molecule has 3 heteroatoms. The number of hydrogen-bond donors (Lipinski definition) is 0. The van der Waals surface area contributed by atoms with Crippen LogP contribution >= 0.6 is 0 Å². The van der Waals surface area contributed by atoms with Gasteiger partial charge in [-0.25, -0.2) is 4.79 Å². The molecule has 0 amide bonds. The molecule has 0 aromatic heterocycles. The number of rotatable bonds is 2. The van der Waals surface area contributed by atoms with E-state index in [4.69, 9.17) is 0 Å². The fourth-order valence-corrected chi connectivity index (χ4v) is 2.12. The van der Waals surface area contributed by atoms with Crippen molar-refractivity contribution in [2.24, 2.45) is 0 Å². The molecule has 0 atom stereocenters. The van der Waals surface area contributed by atoms with Crippen LogP contribution in [0.25, 0.3) is 6.08 Å². The standard InChI is InChI=1S/C15H19NO2/c1-16-9-7-13(8-10-16)11-12-3-5-14(6-4-12)15(17)18-2/h3-6,11H,7-10H2,1-2H3. The summed E-state index contributed by atoms with van der Waals surface area (Å²) < 4.78 is 4.68. The van der Waals surface area contributed by atoms with E-state index in [2.05, 4.69) is 22.8 Å². The summed E-state index contributed by atoms with van der Waals surface area (Å²) in [5.41, 5.74) is 3.24. The zero-order valence-electron chi connectivity index (χ0n) is 11.0. The van der Waals surface area contributed by atoms with Crippen molar-refractivity contribution in [2.45, 2.75) is 12.8 Å². The topological polar surface area (TPSA) is 29.5 Å². The molecule has 1 aliphatic rings. The normalized spacial score (nSPS) is 16.4. The van der Waals surface area contributed by atoms with Gasteiger partial charge in [0.25, 0.3) is 0 Å². The lowest BCUT2D eigenvalue weighted by Crippen LogP contribution is -2.26. The van der Waals surface area contributed by atoms with Gasteiger partial charge in [-0.3, -0.25) is 0 Å². The number of likely N-dealkylation sites (tertiary alicyclic amines) is 1. The van der Waals surface area contributed by atoms with Crippen LogP contribution in [0.2, 0.25) is 0 Å². The van der Waals surface area contributed by atoms with Gasteiger partial charge in [0, 0.05) is 13.1 Å². The molecule has 0 spiro atoms. The average Bonchev–Trinajstić information content (AvgIpc) is 2.41. The van der Waals surface area contributed by atoms with Crippen molar-refractivity contribution in [3.63, 3.8) is 0 Å². The van der Waals surface area contributed by atoms with Crippen molar-refractivity contribution in [3.8, 4) is 0 Å². The predicted molar refractivity (Wildman–Crippen MR) is 72.5 cm³/mol. The summed E-state index contributed by atoms with van der Waals surface area (Å²) >= 11 is 0. The minimum absolute atomic E-state index is 0.284. The Hall–Kier alpha value is -1.61. The van der Waals surface area contributed by atoms with E-state index in [0.717, 1.165) is 31.5 Å². The Morgan fingerprint density at radius 1 is 1.22 bits per heavy atom. The van der Waals surface area contributed by atoms with Crippen molar-refractivity contribution in [3.05, 3.63) is 41.0 Å². The monoisotopic (exact) mass is 245 g/mol. The van der Waals surface area contributed by atoms with Gasteiger partial charge >= 0.3 is 5.97 Å². The predicted octanol–water partition coefficient (Wildman–Crippen LogP) is 2.58. The molecule has 1 aromatic carbocycles. The molecule has 0 bridgehead atoms. The van der Waals surface area contributed by atoms with E-state index in [9.17, 15) is 4.79 Å². The minimum Gasteiger partial charge on any atom is -0.465 e. The van der Waals surface area contributed by atoms with Crippen LogP contribution in [0.3, 0.4) is 0 Å². The summed E-state index contributed by atoms with van der Waals surface area (Å²) in [5, 5.41) is 0. The first-order valence-electron chi connectivity index (χ1n) is 6.25. The fraction of sp³-hybridized carbons (Fsp3) is 0.400. The van der Waals surface area contributed by atoms with Crippen LogP contribution in [0.15, 0.2) is 29.8 Å². The second-order valence-electron chi connectivity index (χ2n) is 4.72. The third-order valence-electron chi connectivity index (χ3n) is 3.33. The fourth-order valence-electron chi connectivity index (χ4n) is 2.12. The second-order valence-corrected chi connectivity index (χ2v) is 4.72. The smallest absolute Gasteiger partial charge is 0.337 e. The number of piperidine rings is 1. The van der Waals surface area contributed by atoms with E-state index in [1.807, 2.05) is 24.3 Å². The quantitative estimate of drug-likeness (QED) is 0.750. The number of methoxy groups -OCH3 is 1. The molecule has 1 fully saturated rings. The summed E-state index contributed by atoms with van der Waals surface area (Å²) in [7, 11) is 3.55. The molecule has 0 radical (unpaired) electrons. The number of benzene rings is 1. The molecular formula is C15H19NO2. The average molecular weight is 245 g/mol. The van der Waals surface area contributed by atoms with Crippen molar-refractivity contribution < 1.29 is 9.53 Å². The van der Waals surface area contributed by atoms with Crippen molar-refractivity contribution in [1.82, 2.24) is 4.90 Å². The largest absolute Gasteiger partial charge is 0.465 e. The highest BCUT2D eigenvalue weighted by molar-refractivity contribution is 5.89. The summed E-state index contributed by atoms with van der Waals surface area (Å²) in [6, 6.07) is 7.56. The first-order valence-corrected chi connectivity index (χ1v) is 6.25. The maximum Gasteiger partial charge on any atom is 0.337 e. The Bertz CT molecular complexity index is 438. The second kappa shape index (κ2) is 5.83. The Balaban J connectivity index is 2.06. The SMILES string of the molecule is COC(=O)c1ccc(C=C2CCN(C)CC2)cc1. The Morgan fingerprint density at radius 2 is 1.83 bits per heavy atom. The lowest BCUT2D eigenvalue weighted by atomic mass is 10.0. The molecule has 1 aromatic rings. The highest BCUT2D eigenvalue weighted by Gasteiger charge is 2.09. The van der Waals surface area contributed by atoms with E-state index in [1.54, 1.807) is 0 Å². The zero-order valence-corrected chi connectivity index (χ0v) is 11.0. The summed E-state index contributed by atoms with van der Waals surface area (Å²) in [4.78, 5) is 13.7. The van der Waals surface area contributed by atoms with Gasteiger partial charge in [0.1, 0.15) is 0 Å². The highest BCUT2D eigenvalue weighted by atomic mass is 16.5. The van der Waals surface area contributed by atoms with Gasteiger partial charge in [-0.2, -0.15) is 0 Å². The molecule has 0 saturated carbocycles. The lowest BCUT2D eigenvalue weighted by molar-refractivity contribution is 0.0601. The molecule has 1 heterocycles. The number of carbonyl (C=O) groups is 1. The zero-order chi connectivity index (χ0) is 13.0. The Labute approximate surface area is 108 Å². The molecule has 0 N–H and O–H groups in total. The van der Waals surface area contributed by atoms with Crippen LogP contribution in [0.4, 0.5) is 0 Å². The van der Waals surface area contributed by atoms with Gasteiger partial charge in [0.05, 0.1) is 12.7 Å². The first-order chi connectivity index (χ1) is 8.69. The molecule has 0 unspecified atom stereocenters. The van der Waals surface area contributed by atoms with Gasteiger partial charge in [0.15, 0.2) is 0 Å². The van der Waals surface area contributed by atoms with Crippen molar-refractivity contribution in [2.75, 3.05) is 27.2 Å². The van der Waals surface area contributed by atoms with E-state index >= 15 is 0 Å². The maximum absolute atomic E-state index is 11.3. The molecule has 18 heavy (non-hydrogen) atoms.